The molecule has 1 atom stereocenters. The average Bonchev–Trinajstić information content (AvgIpc) is 3.28. The minimum absolute atomic E-state index is 0.252. The molecule has 2 aliphatic carbocycles. The van der Waals surface area contributed by atoms with Crippen LogP contribution in [0.15, 0.2) is 12.1 Å². The van der Waals surface area contributed by atoms with Gasteiger partial charge in [-0.1, -0.05) is 20.3 Å². The Labute approximate surface area is 136 Å². The third-order valence-corrected chi connectivity index (χ3v) is 5.13. The fourth-order valence-corrected chi connectivity index (χ4v) is 3.78. The minimum Gasteiger partial charge on any atom is -0.493 e. The monoisotopic (exact) mass is 320 g/mol. The fourth-order valence-electron chi connectivity index (χ4n) is 3.78. The molecule has 3 rings (SSSR count). The van der Waals surface area contributed by atoms with E-state index in [4.69, 9.17) is 9.84 Å². The normalized spacial score (nSPS) is 23.5. The Balaban J connectivity index is 1.74. The number of aromatic carboxylic acids is 1. The van der Waals surface area contributed by atoms with Crippen LogP contribution in [0.2, 0.25) is 0 Å². The minimum atomic E-state index is -1.22. The van der Waals surface area contributed by atoms with E-state index in [0.717, 1.165) is 31.2 Å². The van der Waals surface area contributed by atoms with Crippen LogP contribution in [-0.2, 0) is 0 Å². The zero-order valence-electron chi connectivity index (χ0n) is 13.9. The number of carbonyl (C=O) groups is 1. The summed E-state index contributed by atoms with van der Waals surface area (Å²) in [4.78, 5) is 11.1. The molecule has 1 aromatic carbocycles. The molecule has 2 saturated carbocycles. The Bertz CT molecular complexity index is 605. The highest BCUT2D eigenvalue weighted by atomic mass is 19.1. The van der Waals surface area contributed by atoms with E-state index in [0.29, 0.717) is 29.6 Å². The summed E-state index contributed by atoms with van der Waals surface area (Å²) >= 11 is 0. The molecular weight excluding hydrogens is 295 g/mol. The van der Waals surface area contributed by atoms with Gasteiger partial charge in [-0.15, -0.1) is 0 Å². The lowest BCUT2D eigenvalue weighted by Crippen LogP contribution is -2.26. The number of rotatable bonds is 5. The SMILES string of the molecule is CC1(C)CCCC(COc2cc(F)c(C(=O)O)cc2C2CC2)C1. The van der Waals surface area contributed by atoms with Crippen molar-refractivity contribution in [3.63, 3.8) is 0 Å². The summed E-state index contributed by atoms with van der Waals surface area (Å²) < 4.78 is 19.9. The van der Waals surface area contributed by atoms with Crippen molar-refractivity contribution in [2.75, 3.05) is 6.61 Å². The van der Waals surface area contributed by atoms with Gasteiger partial charge in [0, 0.05) is 6.07 Å². The molecule has 0 amide bonds. The van der Waals surface area contributed by atoms with Crippen molar-refractivity contribution in [1.29, 1.82) is 0 Å². The molecule has 0 radical (unpaired) electrons. The Hall–Kier alpha value is -1.58. The van der Waals surface area contributed by atoms with Crippen LogP contribution in [0.4, 0.5) is 4.39 Å². The fraction of sp³-hybridized carbons (Fsp3) is 0.632. The number of benzene rings is 1. The number of ether oxygens (including phenoxy) is 1. The lowest BCUT2D eigenvalue weighted by atomic mass is 9.72. The van der Waals surface area contributed by atoms with Gasteiger partial charge in [0.25, 0.3) is 0 Å². The third-order valence-electron chi connectivity index (χ3n) is 5.13. The van der Waals surface area contributed by atoms with Crippen LogP contribution in [0.3, 0.4) is 0 Å². The molecule has 126 valence electrons. The highest BCUT2D eigenvalue weighted by Gasteiger charge is 2.31. The van der Waals surface area contributed by atoms with Crippen LogP contribution in [0.5, 0.6) is 5.75 Å². The van der Waals surface area contributed by atoms with E-state index < -0.39 is 11.8 Å². The lowest BCUT2D eigenvalue weighted by molar-refractivity contribution is 0.0691. The highest BCUT2D eigenvalue weighted by Crippen LogP contribution is 2.45. The molecular formula is C19H25FO3. The van der Waals surface area contributed by atoms with Gasteiger partial charge in [-0.05, 0) is 61.0 Å². The molecule has 3 nitrogen and oxygen atoms in total. The molecule has 0 heterocycles. The lowest BCUT2D eigenvalue weighted by Gasteiger charge is -2.35. The summed E-state index contributed by atoms with van der Waals surface area (Å²) in [6, 6.07) is 2.74. The largest absolute Gasteiger partial charge is 0.493 e. The summed E-state index contributed by atoms with van der Waals surface area (Å²) in [6.45, 7) is 5.17. The van der Waals surface area contributed by atoms with E-state index >= 15 is 0 Å². The Morgan fingerprint density at radius 2 is 2.09 bits per heavy atom. The van der Waals surface area contributed by atoms with Crippen LogP contribution in [-0.4, -0.2) is 17.7 Å². The van der Waals surface area contributed by atoms with Crippen LogP contribution in [0.25, 0.3) is 0 Å². The van der Waals surface area contributed by atoms with Crippen molar-refractivity contribution >= 4 is 5.97 Å². The summed E-state index contributed by atoms with van der Waals surface area (Å²) in [5, 5.41) is 9.09. The number of carboxylic acids is 1. The molecule has 0 spiro atoms. The maximum atomic E-state index is 14.0. The van der Waals surface area contributed by atoms with Gasteiger partial charge in [-0.3, -0.25) is 0 Å². The first-order valence-corrected chi connectivity index (χ1v) is 8.55. The zero-order chi connectivity index (χ0) is 16.6. The number of carboxylic acid groups (broad SMARTS) is 1. The predicted molar refractivity (Wildman–Crippen MR) is 86.6 cm³/mol. The van der Waals surface area contributed by atoms with Gasteiger partial charge in [-0.25, -0.2) is 9.18 Å². The van der Waals surface area contributed by atoms with Crippen molar-refractivity contribution in [3.8, 4) is 5.75 Å². The highest BCUT2D eigenvalue weighted by molar-refractivity contribution is 5.88. The first-order valence-electron chi connectivity index (χ1n) is 8.55. The van der Waals surface area contributed by atoms with Crippen LogP contribution in [0.1, 0.15) is 74.2 Å². The molecule has 0 bridgehead atoms. The molecule has 1 N–H and O–H groups in total. The van der Waals surface area contributed by atoms with E-state index in [1.165, 1.54) is 25.0 Å². The quantitative estimate of drug-likeness (QED) is 0.830. The molecule has 1 aromatic rings. The third kappa shape index (κ3) is 3.85. The second-order valence-electron chi connectivity index (χ2n) is 7.89. The smallest absolute Gasteiger partial charge is 0.338 e. The Morgan fingerprint density at radius 1 is 1.35 bits per heavy atom. The molecule has 2 aliphatic rings. The second kappa shape index (κ2) is 6.14. The van der Waals surface area contributed by atoms with Gasteiger partial charge in [-0.2, -0.15) is 0 Å². The van der Waals surface area contributed by atoms with Crippen molar-refractivity contribution in [1.82, 2.24) is 0 Å². The maximum Gasteiger partial charge on any atom is 0.338 e. The van der Waals surface area contributed by atoms with E-state index in [2.05, 4.69) is 13.8 Å². The number of halogens is 1. The van der Waals surface area contributed by atoms with Gasteiger partial charge < -0.3 is 9.84 Å². The van der Waals surface area contributed by atoms with E-state index in [1.54, 1.807) is 0 Å². The molecule has 0 aromatic heterocycles. The second-order valence-corrected chi connectivity index (χ2v) is 7.89. The van der Waals surface area contributed by atoms with Gasteiger partial charge >= 0.3 is 5.97 Å². The average molecular weight is 320 g/mol. The van der Waals surface area contributed by atoms with Crippen LogP contribution >= 0.6 is 0 Å². The van der Waals surface area contributed by atoms with E-state index in [9.17, 15) is 9.18 Å². The molecule has 4 heteroatoms. The molecule has 23 heavy (non-hydrogen) atoms. The van der Waals surface area contributed by atoms with Crippen LogP contribution < -0.4 is 4.74 Å². The maximum absolute atomic E-state index is 14.0. The van der Waals surface area contributed by atoms with Gasteiger partial charge in [0.05, 0.1) is 12.2 Å². The van der Waals surface area contributed by atoms with Gasteiger partial charge in [0.2, 0.25) is 0 Å². The predicted octanol–water partition coefficient (Wildman–Crippen LogP) is 5.00. The van der Waals surface area contributed by atoms with Crippen LogP contribution in [0, 0.1) is 17.2 Å². The Kier molecular flexibility index (Phi) is 4.35. The summed E-state index contributed by atoms with van der Waals surface area (Å²) in [5.74, 6) is -0.566. The molecule has 1 unspecified atom stereocenters. The standard InChI is InChI=1S/C19H25FO3/c1-19(2)7-3-4-12(10-19)11-23-17-9-16(20)15(18(21)22)8-14(17)13-5-6-13/h8-9,12-13H,3-7,10-11H2,1-2H3,(H,21,22). The summed E-state index contributed by atoms with van der Waals surface area (Å²) in [7, 11) is 0. The number of hydrogen-bond donors (Lipinski definition) is 1. The van der Waals surface area contributed by atoms with E-state index in [1.807, 2.05) is 0 Å². The molecule has 0 saturated heterocycles. The topological polar surface area (TPSA) is 46.5 Å². The molecule has 0 aliphatic heterocycles. The number of hydrogen-bond acceptors (Lipinski definition) is 2. The Morgan fingerprint density at radius 3 is 2.70 bits per heavy atom. The first kappa shape index (κ1) is 16.3. The van der Waals surface area contributed by atoms with Crippen molar-refractivity contribution < 1.29 is 19.0 Å². The first-order chi connectivity index (χ1) is 10.9. The zero-order valence-corrected chi connectivity index (χ0v) is 13.9. The molecule has 2 fully saturated rings. The van der Waals surface area contributed by atoms with Gasteiger partial charge in [0.1, 0.15) is 11.6 Å². The summed E-state index contributed by atoms with van der Waals surface area (Å²) in [5.41, 5.74) is 0.959. The van der Waals surface area contributed by atoms with Crippen molar-refractivity contribution in [3.05, 3.63) is 29.1 Å². The van der Waals surface area contributed by atoms with Crippen molar-refractivity contribution in [2.45, 2.75) is 58.3 Å². The van der Waals surface area contributed by atoms with Gasteiger partial charge in [0.15, 0.2) is 0 Å². The van der Waals surface area contributed by atoms with Crippen molar-refractivity contribution in [2.24, 2.45) is 11.3 Å². The summed E-state index contributed by atoms with van der Waals surface area (Å²) in [6.07, 6.45) is 6.79. The van der Waals surface area contributed by atoms with E-state index in [-0.39, 0.29) is 5.56 Å².